The van der Waals surface area contributed by atoms with E-state index in [1.165, 1.54) is 18.2 Å². The molecular weight excluding hydrogens is 219 g/mol. The van der Waals surface area contributed by atoms with Crippen molar-refractivity contribution in [3.8, 4) is 11.3 Å². The highest BCUT2D eigenvalue weighted by Gasteiger charge is 2.15. The van der Waals surface area contributed by atoms with Crippen molar-refractivity contribution in [1.82, 2.24) is 5.16 Å². The standard InChI is InChI=1S/C10H8ClFN2O/c1-5-9(15-14-10(5)13)7-4-6(11)2-3-8(7)12/h2-4H,1H3,(H2,13,14). The third-order valence-corrected chi connectivity index (χ3v) is 2.37. The van der Waals surface area contributed by atoms with Gasteiger partial charge in [-0.15, -0.1) is 0 Å². The van der Waals surface area contributed by atoms with Gasteiger partial charge in [-0.3, -0.25) is 0 Å². The van der Waals surface area contributed by atoms with Crippen LogP contribution in [0.2, 0.25) is 5.02 Å². The quantitative estimate of drug-likeness (QED) is 0.813. The first kappa shape index (κ1) is 9.98. The van der Waals surface area contributed by atoms with Gasteiger partial charge in [0.2, 0.25) is 0 Å². The predicted molar refractivity (Wildman–Crippen MR) is 56.1 cm³/mol. The Labute approximate surface area is 90.6 Å². The Morgan fingerprint density at radius 1 is 1.47 bits per heavy atom. The van der Waals surface area contributed by atoms with Crippen molar-refractivity contribution in [3.63, 3.8) is 0 Å². The van der Waals surface area contributed by atoms with E-state index < -0.39 is 5.82 Å². The second kappa shape index (κ2) is 3.55. The van der Waals surface area contributed by atoms with E-state index in [9.17, 15) is 4.39 Å². The molecule has 1 heterocycles. The molecule has 0 amide bonds. The van der Waals surface area contributed by atoms with Crippen LogP contribution < -0.4 is 5.73 Å². The van der Waals surface area contributed by atoms with E-state index in [0.717, 1.165) is 0 Å². The number of halogens is 2. The van der Waals surface area contributed by atoms with E-state index in [-0.39, 0.29) is 11.4 Å². The summed E-state index contributed by atoms with van der Waals surface area (Å²) in [5.41, 5.74) is 6.38. The maximum absolute atomic E-state index is 13.5. The van der Waals surface area contributed by atoms with Crippen LogP contribution in [0.3, 0.4) is 0 Å². The summed E-state index contributed by atoms with van der Waals surface area (Å²) in [7, 11) is 0. The molecule has 0 unspecified atom stereocenters. The van der Waals surface area contributed by atoms with E-state index >= 15 is 0 Å². The van der Waals surface area contributed by atoms with E-state index in [4.69, 9.17) is 21.9 Å². The summed E-state index contributed by atoms with van der Waals surface area (Å²) in [6.07, 6.45) is 0. The van der Waals surface area contributed by atoms with Crippen molar-refractivity contribution < 1.29 is 8.91 Å². The minimum absolute atomic E-state index is 0.254. The Hall–Kier alpha value is -1.55. The summed E-state index contributed by atoms with van der Waals surface area (Å²) in [5, 5.41) is 3.99. The molecule has 0 aliphatic carbocycles. The lowest BCUT2D eigenvalue weighted by atomic mass is 10.1. The highest BCUT2D eigenvalue weighted by atomic mass is 35.5. The van der Waals surface area contributed by atoms with Gasteiger partial charge in [-0.05, 0) is 25.1 Å². The zero-order valence-electron chi connectivity index (χ0n) is 7.92. The number of nitrogen functional groups attached to an aromatic ring is 1. The van der Waals surface area contributed by atoms with Gasteiger partial charge in [0.05, 0.1) is 5.56 Å². The lowest BCUT2D eigenvalue weighted by Crippen LogP contribution is -1.88. The Kier molecular flexibility index (Phi) is 2.36. The largest absolute Gasteiger partial charge is 0.381 e. The van der Waals surface area contributed by atoms with Crippen molar-refractivity contribution in [2.45, 2.75) is 6.92 Å². The molecule has 15 heavy (non-hydrogen) atoms. The molecule has 2 N–H and O–H groups in total. The maximum Gasteiger partial charge on any atom is 0.174 e. The summed E-state index contributed by atoms with van der Waals surface area (Å²) in [4.78, 5) is 0. The van der Waals surface area contributed by atoms with Crippen LogP contribution in [-0.2, 0) is 0 Å². The van der Waals surface area contributed by atoms with E-state index in [0.29, 0.717) is 16.3 Å². The third kappa shape index (κ3) is 1.68. The van der Waals surface area contributed by atoms with Gasteiger partial charge in [-0.1, -0.05) is 16.8 Å². The van der Waals surface area contributed by atoms with Crippen molar-refractivity contribution in [2.75, 3.05) is 5.73 Å². The summed E-state index contributed by atoms with van der Waals surface area (Å²) in [5.74, 6) is 0.149. The third-order valence-electron chi connectivity index (χ3n) is 2.13. The van der Waals surface area contributed by atoms with Crippen LogP contribution >= 0.6 is 11.6 Å². The van der Waals surface area contributed by atoms with Gasteiger partial charge >= 0.3 is 0 Å². The molecule has 0 saturated heterocycles. The number of hydrogen-bond acceptors (Lipinski definition) is 3. The summed E-state index contributed by atoms with van der Waals surface area (Å²) in [6, 6.07) is 4.22. The first-order valence-electron chi connectivity index (χ1n) is 4.26. The van der Waals surface area contributed by atoms with Crippen LogP contribution in [-0.4, -0.2) is 5.16 Å². The Morgan fingerprint density at radius 2 is 2.20 bits per heavy atom. The molecule has 0 atom stereocenters. The minimum atomic E-state index is -0.418. The number of aromatic nitrogens is 1. The molecule has 1 aromatic heterocycles. The zero-order chi connectivity index (χ0) is 11.0. The summed E-state index contributed by atoms with van der Waals surface area (Å²) < 4.78 is 18.4. The molecule has 1 aromatic carbocycles. The molecule has 0 saturated carbocycles. The molecule has 0 aliphatic rings. The molecule has 3 nitrogen and oxygen atoms in total. The van der Waals surface area contributed by atoms with Crippen molar-refractivity contribution in [3.05, 3.63) is 34.6 Å². The Morgan fingerprint density at radius 3 is 2.80 bits per heavy atom. The molecular formula is C10H8ClFN2O. The fourth-order valence-electron chi connectivity index (χ4n) is 1.27. The molecule has 0 fully saturated rings. The van der Waals surface area contributed by atoms with Gasteiger partial charge in [0.1, 0.15) is 5.82 Å². The van der Waals surface area contributed by atoms with Gasteiger partial charge in [-0.25, -0.2) is 4.39 Å². The number of anilines is 1. The Balaban J connectivity index is 2.63. The maximum atomic E-state index is 13.5. The molecule has 0 radical (unpaired) electrons. The molecule has 78 valence electrons. The molecule has 0 bridgehead atoms. The molecule has 2 rings (SSSR count). The number of benzene rings is 1. The number of rotatable bonds is 1. The van der Waals surface area contributed by atoms with Crippen molar-refractivity contribution in [1.29, 1.82) is 0 Å². The second-order valence-corrected chi connectivity index (χ2v) is 3.58. The van der Waals surface area contributed by atoms with Gasteiger partial charge in [0.25, 0.3) is 0 Å². The normalized spacial score (nSPS) is 10.6. The predicted octanol–water partition coefficient (Wildman–Crippen LogP) is 3.02. The number of nitrogens with two attached hydrogens (primary N) is 1. The average molecular weight is 227 g/mol. The monoisotopic (exact) mass is 226 g/mol. The van der Waals surface area contributed by atoms with Crippen LogP contribution in [0.15, 0.2) is 22.7 Å². The first-order chi connectivity index (χ1) is 7.09. The lowest BCUT2D eigenvalue weighted by Gasteiger charge is -2.00. The number of nitrogens with zero attached hydrogens (tertiary/aromatic N) is 1. The van der Waals surface area contributed by atoms with Crippen LogP contribution in [0.4, 0.5) is 10.2 Å². The molecule has 5 heteroatoms. The fourth-order valence-corrected chi connectivity index (χ4v) is 1.44. The average Bonchev–Trinajstić information content (AvgIpc) is 2.52. The minimum Gasteiger partial charge on any atom is -0.381 e. The SMILES string of the molecule is Cc1c(N)noc1-c1cc(Cl)ccc1F. The molecule has 0 aliphatic heterocycles. The van der Waals surface area contributed by atoms with Gasteiger partial charge in [0.15, 0.2) is 11.6 Å². The van der Waals surface area contributed by atoms with Gasteiger partial charge in [-0.2, -0.15) is 0 Å². The smallest absolute Gasteiger partial charge is 0.174 e. The van der Waals surface area contributed by atoms with Crippen LogP contribution in [0, 0.1) is 12.7 Å². The van der Waals surface area contributed by atoms with Crippen molar-refractivity contribution in [2.24, 2.45) is 0 Å². The number of hydrogen-bond donors (Lipinski definition) is 1. The fraction of sp³-hybridized carbons (Fsp3) is 0.100. The topological polar surface area (TPSA) is 52.0 Å². The van der Waals surface area contributed by atoms with Gasteiger partial charge < -0.3 is 10.3 Å². The van der Waals surface area contributed by atoms with E-state index in [1.807, 2.05) is 0 Å². The van der Waals surface area contributed by atoms with Crippen LogP contribution in [0.25, 0.3) is 11.3 Å². The van der Waals surface area contributed by atoms with Crippen LogP contribution in [0.1, 0.15) is 5.56 Å². The zero-order valence-corrected chi connectivity index (χ0v) is 8.68. The highest BCUT2D eigenvalue weighted by Crippen LogP contribution is 2.30. The van der Waals surface area contributed by atoms with E-state index in [2.05, 4.69) is 5.16 Å². The van der Waals surface area contributed by atoms with Gasteiger partial charge in [0, 0.05) is 10.6 Å². The van der Waals surface area contributed by atoms with Crippen LogP contribution in [0.5, 0.6) is 0 Å². The van der Waals surface area contributed by atoms with Crippen molar-refractivity contribution >= 4 is 17.4 Å². The molecule has 0 spiro atoms. The summed E-state index contributed by atoms with van der Waals surface area (Å²) >= 11 is 5.77. The first-order valence-corrected chi connectivity index (χ1v) is 4.64. The van der Waals surface area contributed by atoms with E-state index in [1.54, 1.807) is 6.92 Å². The highest BCUT2D eigenvalue weighted by molar-refractivity contribution is 6.30. The lowest BCUT2D eigenvalue weighted by molar-refractivity contribution is 0.433. The second-order valence-electron chi connectivity index (χ2n) is 3.15. The summed E-state index contributed by atoms with van der Waals surface area (Å²) in [6.45, 7) is 1.71. The Bertz CT molecular complexity index is 510. The molecule has 2 aromatic rings.